The van der Waals surface area contributed by atoms with Gasteiger partial charge in [-0.25, -0.2) is 0 Å². The Balaban J connectivity index is 3.16. The number of ether oxygens (including phenoxy) is 2. The lowest BCUT2D eigenvalue weighted by atomic mass is 10.1. The summed E-state index contributed by atoms with van der Waals surface area (Å²) in [5.41, 5.74) is 0.00805. The molecule has 2 nitrogen and oxygen atoms in total. The minimum absolute atomic E-state index is 0.00805. The van der Waals surface area contributed by atoms with Gasteiger partial charge in [0.2, 0.25) is 0 Å². The van der Waals surface area contributed by atoms with E-state index in [-0.39, 0.29) is 5.60 Å². The third-order valence-corrected chi connectivity index (χ3v) is 2.21. The van der Waals surface area contributed by atoms with E-state index in [1.54, 1.807) is 0 Å². The highest BCUT2D eigenvalue weighted by Crippen LogP contribution is 2.12. The van der Waals surface area contributed by atoms with Crippen molar-refractivity contribution in [3.63, 3.8) is 0 Å². The van der Waals surface area contributed by atoms with E-state index >= 15 is 0 Å². The Morgan fingerprint density at radius 1 is 1.00 bits per heavy atom. The van der Waals surface area contributed by atoms with Crippen LogP contribution >= 0.6 is 0 Å². The predicted octanol–water partition coefficient (Wildman–Crippen LogP) is 3.01. The second kappa shape index (κ2) is 7.34. The highest BCUT2D eigenvalue weighted by molar-refractivity contribution is 4.64. The van der Waals surface area contributed by atoms with Crippen LogP contribution in [-0.2, 0) is 9.47 Å². The SMILES string of the molecule is CCCCOCCOC(C)(C)CC. The first kappa shape index (κ1) is 12.9. The number of rotatable bonds is 8. The largest absolute Gasteiger partial charge is 0.379 e. The molecule has 0 saturated carbocycles. The van der Waals surface area contributed by atoms with Gasteiger partial charge in [-0.1, -0.05) is 20.3 Å². The summed E-state index contributed by atoms with van der Waals surface area (Å²) in [7, 11) is 0. The molecule has 0 N–H and O–H groups in total. The summed E-state index contributed by atoms with van der Waals surface area (Å²) in [4.78, 5) is 0. The summed E-state index contributed by atoms with van der Waals surface area (Å²) in [6, 6.07) is 0. The lowest BCUT2D eigenvalue weighted by Crippen LogP contribution is -2.25. The zero-order valence-electron chi connectivity index (χ0n) is 9.56. The van der Waals surface area contributed by atoms with Gasteiger partial charge in [-0.05, 0) is 26.7 Å². The molecule has 0 heterocycles. The fourth-order valence-corrected chi connectivity index (χ4v) is 0.827. The van der Waals surface area contributed by atoms with Gasteiger partial charge < -0.3 is 9.47 Å². The molecule has 0 aliphatic rings. The zero-order chi connectivity index (χ0) is 10.2. The normalized spacial score (nSPS) is 12.0. The van der Waals surface area contributed by atoms with Crippen LogP contribution in [0.15, 0.2) is 0 Å². The molecule has 0 aliphatic carbocycles. The van der Waals surface area contributed by atoms with Crippen molar-refractivity contribution in [2.45, 2.75) is 52.6 Å². The maximum absolute atomic E-state index is 5.63. The van der Waals surface area contributed by atoms with Gasteiger partial charge in [0.05, 0.1) is 18.8 Å². The molecular weight excluding hydrogens is 164 g/mol. The van der Waals surface area contributed by atoms with Gasteiger partial charge in [-0.2, -0.15) is 0 Å². The molecule has 0 bridgehead atoms. The number of hydrogen-bond donors (Lipinski definition) is 0. The molecule has 0 atom stereocenters. The van der Waals surface area contributed by atoms with E-state index in [9.17, 15) is 0 Å². The Labute approximate surface area is 82.6 Å². The average Bonchev–Trinajstić information content (AvgIpc) is 2.11. The standard InChI is InChI=1S/C11H24O2/c1-5-7-8-12-9-10-13-11(3,4)6-2/h5-10H2,1-4H3. The summed E-state index contributed by atoms with van der Waals surface area (Å²) in [5, 5.41) is 0. The molecule has 0 amide bonds. The monoisotopic (exact) mass is 188 g/mol. The van der Waals surface area contributed by atoms with Crippen molar-refractivity contribution in [1.29, 1.82) is 0 Å². The highest BCUT2D eigenvalue weighted by atomic mass is 16.5. The smallest absolute Gasteiger partial charge is 0.0707 e. The van der Waals surface area contributed by atoms with Crippen molar-refractivity contribution in [1.82, 2.24) is 0 Å². The molecule has 2 heteroatoms. The van der Waals surface area contributed by atoms with Gasteiger partial charge in [-0.3, -0.25) is 0 Å². The van der Waals surface area contributed by atoms with E-state index in [4.69, 9.17) is 9.47 Å². The number of unbranched alkanes of at least 4 members (excludes halogenated alkanes) is 1. The maximum Gasteiger partial charge on any atom is 0.0707 e. The highest BCUT2D eigenvalue weighted by Gasteiger charge is 2.14. The molecule has 0 unspecified atom stereocenters. The molecule has 0 aromatic carbocycles. The van der Waals surface area contributed by atoms with E-state index < -0.39 is 0 Å². The van der Waals surface area contributed by atoms with E-state index in [2.05, 4.69) is 27.7 Å². The van der Waals surface area contributed by atoms with Crippen LogP contribution in [0, 0.1) is 0 Å². The van der Waals surface area contributed by atoms with Crippen LogP contribution in [0.25, 0.3) is 0 Å². The van der Waals surface area contributed by atoms with Crippen molar-refractivity contribution in [3.8, 4) is 0 Å². The first-order valence-corrected chi connectivity index (χ1v) is 5.34. The molecule has 0 rings (SSSR count). The molecule has 80 valence electrons. The molecule has 0 spiro atoms. The van der Waals surface area contributed by atoms with Gasteiger partial charge in [0, 0.05) is 6.61 Å². The fourth-order valence-electron chi connectivity index (χ4n) is 0.827. The van der Waals surface area contributed by atoms with Crippen LogP contribution in [0.4, 0.5) is 0 Å². The van der Waals surface area contributed by atoms with Gasteiger partial charge in [-0.15, -0.1) is 0 Å². The van der Waals surface area contributed by atoms with Crippen LogP contribution in [0.5, 0.6) is 0 Å². The van der Waals surface area contributed by atoms with Crippen LogP contribution in [-0.4, -0.2) is 25.4 Å². The van der Waals surface area contributed by atoms with Crippen LogP contribution < -0.4 is 0 Å². The van der Waals surface area contributed by atoms with Crippen molar-refractivity contribution < 1.29 is 9.47 Å². The Morgan fingerprint density at radius 3 is 2.23 bits per heavy atom. The lowest BCUT2D eigenvalue weighted by Gasteiger charge is -2.23. The van der Waals surface area contributed by atoms with Gasteiger partial charge in [0.25, 0.3) is 0 Å². The third-order valence-electron chi connectivity index (χ3n) is 2.21. The molecule has 0 aromatic rings. The van der Waals surface area contributed by atoms with E-state index in [0.717, 1.165) is 26.1 Å². The number of hydrogen-bond acceptors (Lipinski definition) is 2. The van der Waals surface area contributed by atoms with Gasteiger partial charge in [0.1, 0.15) is 0 Å². The summed E-state index contributed by atoms with van der Waals surface area (Å²) < 4.78 is 11.0. The van der Waals surface area contributed by atoms with Crippen LogP contribution in [0.3, 0.4) is 0 Å². The summed E-state index contributed by atoms with van der Waals surface area (Å²) >= 11 is 0. The van der Waals surface area contributed by atoms with E-state index in [1.807, 2.05) is 0 Å². The maximum atomic E-state index is 5.63. The summed E-state index contributed by atoms with van der Waals surface area (Å²) in [6.07, 6.45) is 3.39. The Bertz CT molecular complexity index is 111. The summed E-state index contributed by atoms with van der Waals surface area (Å²) in [6.45, 7) is 10.8. The van der Waals surface area contributed by atoms with Crippen molar-refractivity contribution in [3.05, 3.63) is 0 Å². The molecule has 0 radical (unpaired) electrons. The lowest BCUT2D eigenvalue weighted by molar-refractivity contribution is -0.0478. The quantitative estimate of drug-likeness (QED) is 0.545. The second-order valence-corrected chi connectivity index (χ2v) is 3.93. The zero-order valence-corrected chi connectivity index (χ0v) is 9.56. The van der Waals surface area contributed by atoms with Gasteiger partial charge in [0.15, 0.2) is 0 Å². The third kappa shape index (κ3) is 8.26. The van der Waals surface area contributed by atoms with Crippen molar-refractivity contribution in [2.24, 2.45) is 0 Å². The Kier molecular flexibility index (Phi) is 7.29. The minimum atomic E-state index is 0.00805. The molecule has 0 aliphatic heterocycles. The molecule has 0 fully saturated rings. The summed E-state index contributed by atoms with van der Waals surface area (Å²) in [5.74, 6) is 0. The van der Waals surface area contributed by atoms with E-state index in [0.29, 0.717) is 6.61 Å². The predicted molar refractivity (Wildman–Crippen MR) is 56.0 cm³/mol. The Morgan fingerprint density at radius 2 is 1.69 bits per heavy atom. The molecule has 0 saturated heterocycles. The molecule has 13 heavy (non-hydrogen) atoms. The second-order valence-electron chi connectivity index (χ2n) is 3.93. The fraction of sp³-hybridized carbons (Fsp3) is 1.00. The van der Waals surface area contributed by atoms with Gasteiger partial charge >= 0.3 is 0 Å². The van der Waals surface area contributed by atoms with Crippen molar-refractivity contribution >= 4 is 0 Å². The Hall–Kier alpha value is -0.0800. The van der Waals surface area contributed by atoms with Crippen LogP contribution in [0.2, 0.25) is 0 Å². The van der Waals surface area contributed by atoms with Crippen LogP contribution in [0.1, 0.15) is 47.0 Å². The first-order chi connectivity index (χ1) is 6.12. The molecule has 0 aromatic heterocycles. The molecular formula is C11H24O2. The van der Waals surface area contributed by atoms with E-state index in [1.165, 1.54) is 6.42 Å². The minimum Gasteiger partial charge on any atom is -0.379 e. The average molecular weight is 188 g/mol. The topological polar surface area (TPSA) is 18.5 Å². The first-order valence-electron chi connectivity index (χ1n) is 5.34. The van der Waals surface area contributed by atoms with Crippen molar-refractivity contribution in [2.75, 3.05) is 19.8 Å².